The molecule has 0 aliphatic carbocycles. The zero-order chi connectivity index (χ0) is 14.0. The average Bonchev–Trinajstić information content (AvgIpc) is 2.36. The van der Waals surface area contributed by atoms with Crippen molar-refractivity contribution in [3.05, 3.63) is 42.0 Å². The van der Waals surface area contributed by atoms with Crippen LogP contribution in [0.25, 0.3) is 10.8 Å². The van der Waals surface area contributed by atoms with Gasteiger partial charge in [0.05, 0.1) is 13.5 Å². The first kappa shape index (κ1) is 13.4. The van der Waals surface area contributed by atoms with E-state index in [1.165, 1.54) is 0 Å². The van der Waals surface area contributed by atoms with Crippen molar-refractivity contribution in [3.63, 3.8) is 0 Å². The van der Waals surface area contributed by atoms with E-state index in [1.807, 2.05) is 36.4 Å². The van der Waals surface area contributed by atoms with Crippen LogP contribution in [-0.2, 0) is 10.3 Å². The Morgan fingerprint density at radius 1 is 1.26 bits per heavy atom. The largest absolute Gasteiger partial charge is 0.497 e. The normalized spacial score (nSPS) is 14.1. The van der Waals surface area contributed by atoms with E-state index in [0.29, 0.717) is 0 Å². The molecule has 2 aromatic rings. The fourth-order valence-electron chi connectivity index (χ4n) is 2.12. The van der Waals surface area contributed by atoms with E-state index >= 15 is 0 Å². The molecule has 0 saturated carbocycles. The van der Waals surface area contributed by atoms with Crippen LogP contribution in [0, 0.1) is 0 Å². The van der Waals surface area contributed by atoms with Gasteiger partial charge in [0, 0.05) is 5.54 Å². The van der Waals surface area contributed by atoms with Crippen molar-refractivity contribution in [2.75, 3.05) is 7.11 Å². The first-order valence-corrected chi connectivity index (χ1v) is 6.01. The van der Waals surface area contributed by atoms with Crippen LogP contribution >= 0.6 is 0 Å². The van der Waals surface area contributed by atoms with Crippen LogP contribution in [0.5, 0.6) is 5.75 Å². The van der Waals surface area contributed by atoms with Crippen molar-refractivity contribution >= 4 is 16.7 Å². The van der Waals surface area contributed by atoms with Gasteiger partial charge >= 0.3 is 5.97 Å². The van der Waals surface area contributed by atoms with Gasteiger partial charge in [-0.05, 0) is 41.5 Å². The van der Waals surface area contributed by atoms with Gasteiger partial charge in [-0.2, -0.15) is 0 Å². The summed E-state index contributed by atoms with van der Waals surface area (Å²) in [6.07, 6.45) is -0.103. The number of ether oxygens (including phenoxy) is 1. The molecule has 0 aliphatic rings. The lowest BCUT2D eigenvalue weighted by Gasteiger charge is -2.23. The second-order valence-electron chi connectivity index (χ2n) is 4.92. The van der Waals surface area contributed by atoms with Crippen LogP contribution in [0.3, 0.4) is 0 Å². The smallest absolute Gasteiger partial charge is 0.305 e. The van der Waals surface area contributed by atoms with Crippen LogP contribution in [0.1, 0.15) is 18.9 Å². The molecule has 0 heterocycles. The number of benzene rings is 2. The fourth-order valence-corrected chi connectivity index (χ4v) is 2.12. The van der Waals surface area contributed by atoms with Crippen molar-refractivity contribution in [2.24, 2.45) is 5.73 Å². The SMILES string of the molecule is COc1ccc2cc(C(C)(N)CC(=O)O)ccc2c1. The Hall–Kier alpha value is -2.07. The molecule has 0 radical (unpaired) electrons. The molecule has 3 N–H and O–H groups in total. The molecule has 2 aromatic carbocycles. The summed E-state index contributed by atoms with van der Waals surface area (Å²) >= 11 is 0. The lowest BCUT2D eigenvalue weighted by Crippen LogP contribution is -2.35. The third-order valence-corrected chi connectivity index (χ3v) is 3.23. The van der Waals surface area contributed by atoms with Gasteiger partial charge in [-0.15, -0.1) is 0 Å². The van der Waals surface area contributed by atoms with Gasteiger partial charge in [-0.1, -0.05) is 18.2 Å². The van der Waals surface area contributed by atoms with Crippen molar-refractivity contribution in [1.82, 2.24) is 0 Å². The monoisotopic (exact) mass is 259 g/mol. The molecule has 0 saturated heterocycles. The van der Waals surface area contributed by atoms with Gasteiger partial charge < -0.3 is 15.6 Å². The maximum atomic E-state index is 10.8. The minimum atomic E-state index is -0.903. The molecule has 4 heteroatoms. The standard InChI is InChI=1S/C15H17NO3/c1-15(16,9-14(17)18)12-5-3-11-8-13(19-2)6-4-10(11)7-12/h3-8H,9,16H2,1-2H3,(H,17,18). The van der Waals surface area contributed by atoms with Gasteiger partial charge in [0.1, 0.15) is 5.75 Å². The number of fused-ring (bicyclic) bond motifs is 1. The van der Waals surface area contributed by atoms with E-state index < -0.39 is 11.5 Å². The average molecular weight is 259 g/mol. The summed E-state index contributed by atoms with van der Waals surface area (Å²) < 4.78 is 5.17. The third-order valence-electron chi connectivity index (χ3n) is 3.23. The summed E-state index contributed by atoms with van der Waals surface area (Å²) in [5.74, 6) is -0.110. The number of aliphatic carboxylic acids is 1. The molecule has 100 valence electrons. The summed E-state index contributed by atoms with van der Waals surface area (Å²) in [5.41, 5.74) is 6.02. The lowest BCUT2D eigenvalue weighted by atomic mass is 9.88. The highest BCUT2D eigenvalue weighted by atomic mass is 16.5. The zero-order valence-corrected chi connectivity index (χ0v) is 11.0. The molecule has 0 amide bonds. The summed E-state index contributed by atoms with van der Waals surface area (Å²) in [5, 5.41) is 10.9. The van der Waals surface area contributed by atoms with Crippen molar-refractivity contribution in [1.29, 1.82) is 0 Å². The molecule has 4 nitrogen and oxygen atoms in total. The first-order chi connectivity index (χ1) is 8.92. The quantitative estimate of drug-likeness (QED) is 0.884. The third kappa shape index (κ3) is 2.85. The number of carboxylic acid groups (broad SMARTS) is 1. The topological polar surface area (TPSA) is 72.5 Å². The van der Waals surface area contributed by atoms with Gasteiger partial charge in [-0.3, -0.25) is 4.79 Å². The Kier molecular flexibility index (Phi) is 3.44. The number of carboxylic acids is 1. The summed E-state index contributed by atoms with van der Waals surface area (Å²) in [6, 6.07) is 11.5. The zero-order valence-electron chi connectivity index (χ0n) is 11.0. The second-order valence-corrected chi connectivity index (χ2v) is 4.92. The number of carbonyl (C=O) groups is 1. The minimum Gasteiger partial charge on any atom is -0.497 e. The van der Waals surface area contributed by atoms with Crippen LogP contribution in [0.2, 0.25) is 0 Å². The Balaban J connectivity index is 2.44. The van der Waals surface area contributed by atoms with E-state index in [9.17, 15) is 4.79 Å². The van der Waals surface area contributed by atoms with E-state index in [-0.39, 0.29) is 6.42 Å². The Morgan fingerprint density at radius 2 is 1.89 bits per heavy atom. The molecule has 0 fully saturated rings. The van der Waals surface area contributed by atoms with Gasteiger partial charge in [0.15, 0.2) is 0 Å². The number of methoxy groups -OCH3 is 1. The predicted octanol–water partition coefficient (Wildman–Crippen LogP) is 2.50. The predicted molar refractivity (Wildman–Crippen MR) is 74.3 cm³/mol. The Labute approximate surface area is 111 Å². The number of rotatable bonds is 4. The van der Waals surface area contributed by atoms with Crippen LogP contribution in [0.15, 0.2) is 36.4 Å². The number of nitrogens with two attached hydrogens (primary N) is 1. The molecule has 0 aromatic heterocycles. The second kappa shape index (κ2) is 4.90. The lowest BCUT2D eigenvalue weighted by molar-refractivity contribution is -0.138. The molecule has 0 bridgehead atoms. The summed E-state index contributed by atoms with van der Waals surface area (Å²) in [7, 11) is 1.62. The Bertz CT molecular complexity index is 620. The van der Waals surface area contributed by atoms with Crippen LogP contribution < -0.4 is 10.5 Å². The van der Waals surface area contributed by atoms with Gasteiger partial charge in [0.2, 0.25) is 0 Å². The van der Waals surface area contributed by atoms with E-state index in [2.05, 4.69) is 0 Å². The van der Waals surface area contributed by atoms with Crippen LogP contribution in [-0.4, -0.2) is 18.2 Å². The minimum absolute atomic E-state index is 0.103. The maximum Gasteiger partial charge on any atom is 0.305 e. The van der Waals surface area contributed by atoms with Crippen molar-refractivity contribution in [2.45, 2.75) is 18.9 Å². The van der Waals surface area contributed by atoms with Crippen molar-refractivity contribution in [3.8, 4) is 5.75 Å². The van der Waals surface area contributed by atoms with Gasteiger partial charge in [-0.25, -0.2) is 0 Å². The maximum absolute atomic E-state index is 10.8. The van der Waals surface area contributed by atoms with Gasteiger partial charge in [0.25, 0.3) is 0 Å². The molecule has 19 heavy (non-hydrogen) atoms. The molecule has 0 aliphatic heterocycles. The number of hydrogen-bond donors (Lipinski definition) is 2. The number of hydrogen-bond acceptors (Lipinski definition) is 3. The highest BCUT2D eigenvalue weighted by molar-refractivity contribution is 5.85. The van der Waals surface area contributed by atoms with E-state index in [4.69, 9.17) is 15.6 Å². The first-order valence-electron chi connectivity index (χ1n) is 6.01. The molecule has 1 atom stereocenters. The molecular weight excluding hydrogens is 242 g/mol. The summed E-state index contributed by atoms with van der Waals surface area (Å²) in [4.78, 5) is 10.8. The Morgan fingerprint density at radius 3 is 2.53 bits per heavy atom. The van der Waals surface area contributed by atoms with E-state index in [1.54, 1.807) is 14.0 Å². The summed E-state index contributed by atoms with van der Waals surface area (Å²) in [6.45, 7) is 1.73. The molecule has 1 unspecified atom stereocenters. The molecular formula is C15H17NO3. The molecule has 0 spiro atoms. The van der Waals surface area contributed by atoms with E-state index in [0.717, 1.165) is 22.1 Å². The fraction of sp³-hybridized carbons (Fsp3) is 0.267. The molecule has 2 rings (SSSR count). The highest BCUT2D eigenvalue weighted by Crippen LogP contribution is 2.27. The van der Waals surface area contributed by atoms with Crippen LogP contribution in [0.4, 0.5) is 0 Å². The van der Waals surface area contributed by atoms with Crippen molar-refractivity contribution < 1.29 is 14.6 Å². The highest BCUT2D eigenvalue weighted by Gasteiger charge is 2.24.